The Hall–Kier alpha value is -1.62. The Bertz CT molecular complexity index is 807. The molecule has 1 aromatic carbocycles. The van der Waals surface area contributed by atoms with Gasteiger partial charge in [0.2, 0.25) is 0 Å². The highest BCUT2D eigenvalue weighted by atomic mass is 35.5. The Labute approximate surface area is 132 Å². The van der Waals surface area contributed by atoms with Gasteiger partial charge in [0.1, 0.15) is 4.90 Å². The molecule has 110 valence electrons. The van der Waals surface area contributed by atoms with E-state index < -0.39 is 10.0 Å². The van der Waals surface area contributed by atoms with Crippen molar-refractivity contribution in [1.82, 2.24) is 4.98 Å². The second-order valence-electron chi connectivity index (χ2n) is 4.58. The fraction of sp³-hybridized carbons (Fsp3) is 0.231. The van der Waals surface area contributed by atoms with Gasteiger partial charge in [0.05, 0.1) is 16.7 Å². The van der Waals surface area contributed by atoms with Crippen LogP contribution in [-0.2, 0) is 10.0 Å². The SMILES string of the molecule is CC(C)c1cnc(NS(=O)(=O)c2ccc(C#N)cc2Cl)s1. The molecule has 5 nitrogen and oxygen atoms in total. The lowest BCUT2D eigenvalue weighted by Gasteiger charge is -2.07. The average molecular weight is 342 g/mol. The first-order valence-corrected chi connectivity index (χ1v) is 8.69. The Kier molecular flexibility index (Phi) is 4.52. The van der Waals surface area contributed by atoms with Crippen LogP contribution in [0.1, 0.15) is 30.2 Å². The zero-order chi connectivity index (χ0) is 15.6. The first kappa shape index (κ1) is 15.8. The minimum Gasteiger partial charge on any atom is -0.255 e. The van der Waals surface area contributed by atoms with Gasteiger partial charge in [0.15, 0.2) is 5.13 Å². The monoisotopic (exact) mass is 341 g/mol. The quantitative estimate of drug-likeness (QED) is 0.921. The van der Waals surface area contributed by atoms with Gasteiger partial charge in [-0.25, -0.2) is 13.4 Å². The van der Waals surface area contributed by atoms with Crippen LogP contribution in [0.3, 0.4) is 0 Å². The van der Waals surface area contributed by atoms with Crippen molar-refractivity contribution in [3.63, 3.8) is 0 Å². The maximum atomic E-state index is 12.3. The van der Waals surface area contributed by atoms with Crippen molar-refractivity contribution in [2.24, 2.45) is 0 Å². The molecule has 0 amide bonds. The first-order valence-electron chi connectivity index (χ1n) is 6.01. The zero-order valence-corrected chi connectivity index (χ0v) is 13.7. The Morgan fingerprint density at radius 2 is 2.14 bits per heavy atom. The number of rotatable bonds is 4. The summed E-state index contributed by atoms with van der Waals surface area (Å²) in [7, 11) is -3.82. The molecule has 0 fully saturated rings. The van der Waals surface area contributed by atoms with E-state index in [0.717, 1.165) is 4.88 Å². The van der Waals surface area contributed by atoms with Crippen molar-refractivity contribution in [3.8, 4) is 6.07 Å². The Balaban J connectivity index is 2.32. The third kappa shape index (κ3) is 3.53. The van der Waals surface area contributed by atoms with Gasteiger partial charge in [0.25, 0.3) is 10.0 Å². The molecule has 0 bridgehead atoms. The average Bonchev–Trinajstić information content (AvgIpc) is 2.86. The molecule has 1 aromatic heterocycles. The summed E-state index contributed by atoms with van der Waals surface area (Å²) in [6, 6.07) is 5.93. The molecule has 1 heterocycles. The normalized spacial score (nSPS) is 11.4. The molecule has 0 spiro atoms. The minimum atomic E-state index is -3.82. The molecule has 0 saturated carbocycles. The lowest BCUT2D eigenvalue weighted by atomic mass is 10.2. The lowest BCUT2D eigenvalue weighted by Crippen LogP contribution is -2.13. The largest absolute Gasteiger partial charge is 0.265 e. The van der Waals surface area contributed by atoms with E-state index >= 15 is 0 Å². The minimum absolute atomic E-state index is 0.00203. The van der Waals surface area contributed by atoms with Gasteiger partial charge < -0.3 is 0 Å². The van der Waals surface area contributed by atoms with Gasteiger partial charge in [0, 0.05) is 11.1 Å². The summed E-state index contributed by atoms with van der Waals surface area (Å²) in [6.45, 7) is 4.01. The fourth-order valence-corrected chi connectivity index (χ4v) is 4.17. The summed E-state index contributed by atoms with van der Waals surface area (Å²) in [4.78, 5) is 4.95. The summed E-state index contributed by atoms with van der Waals surface area (Å²) < 4.78 is 27.0. The van der Waals surface area contributed by atoms with Gasteiger partial charge in [-0.05, 0) is 24.1 Å². The van der Waals surface area contributed by atoms with Crippen LogP contribution < -0.4 is 4.72 Å². The number of halogens is 1. The van der Waals surface area contributed by atoms with E-state index in [1.54, 1.807) is 6.20 Å². The van der Waals surface area contributed by atoms with Crippen LogP contribution >= 0.6 is 22.9 Å². The van der Waals surface area contributed by atoms with Crippen molar-refractivity contribution in [1.29, 1.82) is 5.26 Å². The van der Waals surface area contributed by atoms with Crippen molar-refractivity contribution in [2.45, 2.75) is 24.7 Å². The van der Waals surface area contributed by atoms with Crippen molar-refractivity contribution >= 4 is 38.1 Å². The van der Waals surface area contributed by atoms with Crippen LogP contribution in [0.15, 0.2) is 29.3 Å². The molecular weight excluding hydrogens is 330 g/mol. The predicted molar refractivity (Wildman–Crippen MR) is 83.2 cm³/mol. The number of nitrogens with zero attached hydrogens (tertiary/aromatic N) is 2. The van der Waals surface area contributed by atoms with E-state index in [9.17, 15) is 8.42 Å². The topological polar surface area (TPSA) is 82.8 Å². The summed E-state index contributed by atoms with van der Waals surface area (Å²) in [5.41, 5.74) is 0.301. The van der Waals surface area contributed by atoms with E-state index in [-0.39, 0.29) is 15.8 Å². The third-order valence-corrected chi connectivity index (χ3v) is 5.83. The number of aromatic nitrogens is 1. The van der Waals surface area contributed by atoms with Crippen LogP contribution in [0.25, 0.3) is 0 Å². The molecule has 2 aromatic rings. The molecule has 0 unspecified atom stereocenters. The van der Waals surface area contributed by atoms with Crippen LogP contribution in [0, 0.1) is 11.3 Å². The summed E-state index contributed by atoms with van der Waals surface area (Å²) in [5, 5.41) is 9.06. The van der Waals surface area contributed by atoms with Crippen LogP contribution in [0.4, 0.5) is 5.13 Å². The summed E-state index contributed by atoms with van der Waals surface area (Å²) in [6.07, 6.45) is 1.65. The van der Waals surface area contributed by atoms with Crippen LogP contribution in [-0.4, -0.2) is 13.4 Å². The molecule has 0 saturated heterocycles. The number of thiazole rings is 1. The molecule has 21 heavy (non-hydrogen) atoms. The number of nitrogens with one attached hydrogen (secondary N) is 1. The molecule has 0 aliphatic rings. The van der Waals surface area contributed by atoms with Crippen molar-refractivity contribution < 1.29 is 8.42 Å². The second kappa shape index (κ2) is 6.02. The van der Waals surface area contributed by atoms with E-state index in [1.165, 1.54) is 29.5 Å². The molecular formula is C13H12ClN3O2S2. The highest BCUT2D eigenvalue weighted by Gasteiger charge is 2.20. The third-order valence-electron chi connectivity index (χ3n) is 2.66. The summed E-state index contributed by atoms with van der Waals surface area (Å²) >= 11 is 7.21. The molecule has 8 heteroatoms. The van der Waals surface area contributed by atoms with Crippen molar-refractivity contribution in [3.05, 3.63) is 39.9 Å². The van der Waals surface area contributed by atoms with E-state index in [2.05, 4.69) is 9.71 Å². The van der Waals surface area contributed by atoms with E-state index in [4.69, 9.17) is 16.9 Å². The number of anilines is 1. The first-order chi connectivity index (χ1) is 9.83. The molecule has 0 aliphatic carbocycles. The molecule has 1 N–H and O–H groups in total. The molecule has 0 aliphatic heterocycles. The van der Waals surface area contributed by atoms with Gasteiger partial charge in [-0.2, -0.15) is 5.26 Å². The Morgan fingerprint density at radius 1 is 1.43 bits per heavy atom. The highest BCUT2D eigenvalue weighted by Crippen LogP contribution is 2.29. The molecule has 2 rings (SSSR count). The molecule has 0 atom stereocenters. The van der Waals surface area contributed by atoms with Crippen molar-refractivity contribution in [2.75, 3.05) is 4.72 Å². The van der Waals surface area contributed by atoms with Crippen LogP contribution in [0.5, 0.6) is 0 Å². The van der Waals surface area contributed by atoms with Gasteiger partial charge >= 0.3 is 0 Å². The number of hydrogen-bond donors (Lipinski definition) is 1. The maximum Gasteiger partial charge on any atom is 0.265 e. The summed E-state index contributed by atoms with van der Waals surface area (Å²) in [5.74, 6) is 0.277. The second-order valence-corrected chi connectivity index (χ2v) is 7.71. The number of hydrogen-bond acceptors (Lipinski definition) is 5. The standard InChI is InChI=1S/C13H12ClN3O2S2/c1-8(2)11-7-16-13(20-11)17-21(18,19)12-4-3-9(6-15)5-10(12)14/h3-5,7-8H,1-2H3,(H,16,17). The lowest BCUT2D eigenvalue weighted by molar-refractivity contribution is 0.601. The van der Waals surface area contributed by atoms with Gasteiger partial charge in [-0.1, -0.05) is 25.4 Å². The smallest absolute Gasteiger partial charge is 0.255 e. The molecule has 0 radical (unpaired) electrons. The Morgan fingerprint density at radius 3 is 2.67 bits per heavy atom. The van der Waals surface area contributed by atoms with E-state index in [1.807, 2.05) is 19.9 Å². The highest BCUT2D eigenvalue weighted by molar-refractivity contribution is 7.93. The predicted octanol–water partition coefficient (Wildman–Crippen LogP) is 3.59. The van der Waals surface area contributed by atoms with Gasteiger partial charge in [-0.3, -0.25) is 4.72 Å². The van der Waals surface area contributed by atoms with Gasteiger partial charge in [-0.15, -0.1) is 11.3 Å². The van der Waals surface area contributed by atoms with E-state index in [0.29, 0.717) is 10.7 Å². The van der Waals surface area contributed by atoms with Crippen LogP contribution in [0.2, 0.25) is 5.02 Å². The number of sulfonamides is 1. The fourth-order valence-electron chi connectivity index (χ4n) is 1.56. The number of nitriles is 1. The number of benzene rings is 1. The zero-order valence-electron chi connectivity index (χ0n) is 11.3. The maximum absolute atomic E-state index is 12.3.